The number of methoxy groups -OCH3 is 1. The van der Waals surface area contributed by atoms with Crippen LogP contribution in [0.4, 0.5) is 0 Å². The minimum absolute atomic E-state index is 0.239. The fourth-order valence-corrected chi connectivity index (χ4v) is 2.44. The molecule has 2 rings (SSSR count). The summed E-state index contributed by atoms with van der Waals surface area (Å²) in [6, 6.07) is 7.10. The lowest BCUT2D eigenvalue weighted by Gasteiger charge is -2.19. The lowest BCUT2D eigenvalue weighted by Crippen LogP contribution is -2.47. The van der Waals surface area contributed by atoms with Crippen molar-refractivity contribution in [3.8, 4) is 0 Å². The zero-order chi connectivity index (χ0) is 15.2. The van der Waals surface area contributed by atoms with E-state index in [4.69, 9.17) is 9.47 Å². The number of carbonyl (C=O) groups is 2. The molecule has 0 radical (unpaired) electrons. The second-order valence-electron chi connectivity index (χ2n) is 5.22. The standard InChI is InChI=1S/C16H21NO4/c1-11-6-3-4-7-12(11)10-13(16(19)20-2)17-15(18)14-8-5-9-21-14/h3-4,6-7,13-14H,5,8-10H2,1-2H3,(H,17,18)/t13-,14+/m1/s1. The smallest absolute Gasteiger partial charge is 0.328 e. The van der Waals surface area contributed by atoms with Crippen LogP contribution < -0.4 is 5.32 Å². The third-order valence-electron chi connectivity index (χ3n) is 3.71. The van der Waals surface area contributed by atoms with Crippen LogP contribution in [0.2, 0.25) is 0 Å². The lowest BCUT2D eigenvalue weighted by atomic mass is 10.0. The molecule has 0 spiro atoms. The Morgan fingerprint density at radius 2 is 2.19 bits per heavy atom. The van der Waals surface area contributed by atoms with Crippen molar-refractivity contribution in [3.63, 3.8) is 0 Å². The Morgan fingerprint density at radius 3 is 2.81 bits per heavy atom. The van der Waals surface area contributed by atoms with Crippen molar-refractivity contribution in [3.05, 3.63) is 35.4 Å². The second kappa shape index (κ2) is 7.22. The van der Waals surface area contributed by atoms with Gasteiger partial charge in [0.05, 0.1) is 7.11 Å². The molecule has 0 aromatic heterocycles. The van der Waals surface area contributed by atoms with Gasteiger partial charge in [-0.1, -0.05) is 24.3 Å². The number of ether oxygens (including phenoxy) is 2. The molecule has 1 aromatic rings. The van der Waals surface area contributed by atoms with Crippen LogP contribution in [0.5, 0.6) is 0 Å². The summed E-state index contributed by atoms with van der Waals surface area (Å²) < 4.78 is 10.1. The highest BCUT2D eigenvalue weighted by Gasteiger charge is 2.29. The Kier molecular flexibility index (Phi) is 5.33. The Labute approximate surface area is 124 Å². The van der Waals surface area contributed by atoms with Crippen LogP contribution >= 0.6 is 0 Å². The Balaban J connectivity index is 2.06. The summed E-state index contributed by atoms with van der Waals surface area (Å²) in [6.07, 6.45) is 1.54. The first-order valence-electron chi connectivity index (χ1n) is 7.16. The zero-order valence-corrected chi connectivity index (χ0v) is 12.4. The van der Waals surface area contributed by atoms with E-state index >= 15 is 0 Å². The maximum absolute atomic E-state index is 12.1. The van der Waals surface area contributed by atoms with Crippen LogP contribution in [0.1, 0.15) is 24.0 Å². The molecule has 1 aromatic carbocycles. The van der Waals surface area contributed by atoms with Crippen molar-refractivity contribution >= 4 is 11.9 Å². The largest absolute Gasteiger partial charge is 0.467 e. The summed E-state index contributed by atoms with van der Waals surface area (Å²) in [5, 5.41) is 2.75. The lowest BCUT2D eigenvalue weighted by molar-refractivity contribution is -0.146. The van der Waals surface area contributed by atoms with Crippen molar-refractivity contribution in [1.82, 2.24) is 5.32 Å². The summed E-state index contributed by atoms with van der Waals surface area (Å²) in [7, 11) is 1.32. The molecule has 0 bridgehead atoms. The normalized spacial score (nSPS) is 19.0. The highest BCUT2D eigenvalue weighted by Crippen LogP contribution is 2.14. The van der Waals surface area contributed by atoms with E-state index < -0.39 is 18.1 Å². The summed E-state index contributed by atoms with van der Waals surface area (Å²) in [5.74, 6) is -0.680. The van der Waals surface area contributed by atoms with Crippen molar-refractivity contribution < 1.29 is 19.1 Å². The Morgan fingerprint density at radius 1 is 1.43 bits per heavy atom. The van der Waals surface area contributed by atoms with Crippen LogP contribution in [0.25, 0.3) is 0 Å². The van der Waals surface area contributed by atoms with Gasteiger partial charge in [-0.25, -0.2) is 4.79 Å². The average Bonchev–Trinajstić information content (AvgIpc) is 3.02. The van der Waals surface area contributed by atoms with Gasteiger partial charge in [-0.2, -0.15) is 0 Å². The van der Waals surface area contributed by atoms with Crippen LogP contribution in [0, 0.1) is 6.92 Å². The van der Waals surface area contributed by atoms with Crippen LogP contribution in [0.3, 0.4) is 0 Å². The maximum atomic E-state index is 12.1. The van der Waals surface area contributed by atoms with Gasteiger partial charge in [0.2, 0.25) is 5.91 Å². The average molecular weight is 291 g/mol. The quantitative estimate of drug-likeness (QED) is 0.832. The van der Waals surface area contributed by atoms with Crippen LogP contribution in [-0.2, 0) is 25.5 Å². The monoisotopic (exact) mass is 291 g/mol. The number of rotatable bonds is 5. The summed E-state index contributed by atoms with van der Waals surface area (Å²) in [4.78, 5) is 24.0. The van der Waals surface area contributed by atoms with E-state index in [1.165, 1.54) is 7.11 Å². The molecule has 21 heavy (non-hydrogen) atoms. The molecule has 114 valence electrons. The molecule has 0 saturated carbocycles. The first-order valence-corrected chi connectivity index (χ1v) is 7.16. The van der Waals surface area contributed by atoms with E-state index in [1.807, 2.05) is 31.2 Å². The molecule has 1 fully saturated rings. The fraction of sp³-hybridized carbons (Fsp3) is 0.500. The van der Waals surface area contributed by atoms with Crippen molar-refractivity contribution in [1.29, 1.82) is 0 Å². The first-order chi connectivity index (χ1) is 10.1. The van der Waals surface area contributed by atoms with E-state index in [0.29, 0.717) is 19.4 Å². The molecular formula is C16H21NO4. The molecule has 1 N–H and O–H groups in total. The first kappa shape index (κ1) is 15.5. The van der Waals surface area contributed by atoms with Gasteiger partial charge >= 0.3 is 5.97 Å². The van der Waals surface area contributed by atoms with E-state index in [-0.39, 0.29) is 5.91 Å². The molecule has 1 saturated heterocycles. The molecule has 1 amide bonds. The van der Waals surface area contributed by atoms with E-state index in [2.05, 4.69) is 5.32 Å². The molecule has 5 heteroatoms. The summed E-state index contributed by atoms with van der Waals surface area (Å²) in [6.45, 7) is 2.57. The molecule has 1 aliphatic rings. The number of amides is 1. The van der Waals surface area contributed by atoms with E-state index in [0.717, 1.165) is 17.5 Å². The maximum Gasteiger partial charge on any atom is 0.328 e. The van der Waals surface area contributed by atoms with Gasteiger partial charge in [-0.3, -0.25) is 4.79 Å². The minimum Gasteiger partial charge on any atom is -0.467 e. The van der Waals surface area contributed by atoms with Gasteiger partial charge in [0.1, 0.15) is 12.1 Å². The van der Waals surface area contributed by atoms with Gasteiger partial charge < -0.3 is 14.8 Å². The molecular weight excluding hydrogens is 270 g/mol. The predicted molar refractivity (Wildman–Crippen MR) is 77.8 cm³/mol. The van der Waals surface area contributed by atoms with E-state index in [1.54, 1.807) is 0 Å². The molecule has 1 heterocycles. The van der Waals surface area contributed by atoms with Gasteiger partial charge in [-0.05, 0) is 30.9 Å². The van der Waals surface area contributed by atoms with Gasteiger partial charge in [0.25, 0.3) is 0 Å². The number of hydrogen-bond acceptors (Lipinski definition) is 4. The number of hydrogen-bond donors (Lipinski definition) is 1. The number of esters is 1. The van der Waals surface area contributed by atoms with Gasteiger partial charge in [0, 0.05) is 13.0 Å². The third kappa shape index (κ3) is 4.04. The molecule has 1 aliphatic heterocycles. The van der Waals surface area contributed by atoms with Gasteiger partial charge in [-0.15, -0.1) is 0 Å². The zero-order valence-electron chi connectivity index (χ0n) is 12.4. The molecule has 5 nitrogen and oxygen atoms in total. The molecule has 0 unspecified atom stereocenters. The number of nitrogens with one attached hydrogen (secondary N) is 1. The van der Waals surface area contributed by atoms with Crippen LogP contribution in [0.15, 0.2) is 24.3 Å². The second-order valence-corrected chi connectivity index (χ2v) is 5.22. The molecule has 0 aliphatic carbocycles. The highest BCUT2D eigenvalue weighted by molar-refractivity contribution is 5.87. The Bertz CT molecular complexity index is 509. The highest BCUT2D eigenvalue weighted by atomic mass is 16.5. The third-order valence-corrected chi connectivity index (χ3v) is 3.71. The fourth-order valence-electron chi connectivity index (χ4n) is 2.44. The summed E-state index contributed by atoms with van der Waals surface area (Å²) in [5.41, 5.74) is 2.10. The van der Waals surface area contributed by atoms with Crippen LogP contribution in [-0.4, -0.2) is 37.7 Å². The van der Waals surface area contributed by atoms with Crippen molar-refractivity contribution in [2.75, 3.05) is 13.7 Å². The molecule has 2 atom stereocenters. The Hall–Kier alpha value is -1.88. The predicted octanol–water partition coefficient (Wildman–Crippen LogP) is 1.37. The van der Waals surface area contributed by atoms with Crippen molar-refractivity contribution in [2.24, 2.45) is 0 Å². The number of carbonyl (C=O) groups excluding carboxylic acids is 2. The number of benzene rings is 1. The van der Waals surface area contributed by atoms with Crippen molar-refractivity contribution in [2.45, 2.75) is 38.3 Å². The SMILES string of the molecule is COC(=O)[C@@H](Cc1ccccc1C)NC(=O)[C@@H]1CCCO1. The van der Waals surface area contributed by atoms with Gasteiger partial charge in [0.15, 0.2) is 0 Å². The minimum atomic E-state index is -0.687. The topological polar surface area (TPSA) is 64.6 Å². The summed E-state index contributed by atoms with van der Waals surface area (Å²) >= 11 is 0. The number of aryl methyl sites for hydroxylation is 1. The van der Waals surface area contributed by atoms with E-state index in [9.17, 15) is 9.59 Å².